The van der Waals surface area contributed by atoms with Crippen molar-refractivity contribution in [1.29, 1.82) is 5.26 Å². The van der Waals surface area contributed by atoms with Crippen molar-refractivity contribution in [2.45, 2.75) is 46.2 Å². The summed E-state index contributed by atoms with van der Waals surface area (Å²) in [5.41, 5.74) is 3.55. The molecule has 0 saturated heterocycles. The molecule has 1 fully saturated rings. The van der Waals surface area contributed by atoms with Gasteiger partial charge in [-0.05, 0) is 50.3 Å². The Labute approximate surface area is 147 Å². The lowest BCUT2D eigenvalue weighted by atomic mass is 9.85. The van der Waals surface area contributed by atoms with Gasteiger partial charge in [0.05, 0.1) is 35.3 Å². The van der Waals surface area contributed by atoms with Crippen LogP contribution in [0.2, 0.25) is 0 Å². The highest BCUT2D eigenvalue weighted by Gasteiger charge is 2.25. The Morgan fingerprint density at radius 2 is 2.20 bits per heavy atom. The molecular formula is C19H22N4O2. The summed E-state index contributed by atoms with van der Waals surface area (Å²) >= 11 is 0. The molecule has 130 valence electrons. The van der Waals surface area contributed by atoms with Crippen LogP contribution < -0.4 is 4.90 Å². The van der Waals surface area contributed by atoms with E-state index in [-0.39, 0.29) is 6.54 Å². The first-order valence-corrected chi connectivity index (χ1v) is 8.53. The van der Waals surface area contributed by atoms with Crippen molar-refractivity contribution in [3.63, 3.8) is 0 Å². The Morgan fingerprint density at radius 3 is 2.80 bits per heavy atom. The standard InChI is InChI=1S/C19H22N4O2/c1-13-18(14(2)23(21-13)12-15-5-3-6-15)22(19(24)25)11-17-8-4-7-16(9-17)10-20/h4,7-9,15H,3,5-6,11-12H2,1-2H3,(H,24,25). The second-order valence-electron chi connectivity index (χ2n) is 6.68. The van der Waals surface area contributed by atoms with Gasteiger partial charge in [0.15, 0.2) is 0 Å². The van der Waals surface area contributed by atoms with Crippen LogP contribution in [0.5, 0.6) is 0 Å². The molecular weight excluding hydrogens is 316 g/mol. The van der Waals surface area contributed by atoms with Gasteiger partial charge in [0.2, 0.25) is 0 Å². The van der Waals surface area contributed by atoms with E-state index in [1.807, 2.05) is 24.6 Å². The number of nitrogens with zero attached hydrogens (tertiary/aromatic N) is 4. The number of anilines is 1. The maximum absolute atomic E-state index is 11.9. The molecule has 0 atom stereocenters. The monoisotopic (exact) mass is 338 g/mol. The zero-order valence-corrected chi connectivity index (χ0v) is 14.6. The average molecular weight is 338 g/mol. The van der Waals surface area contributed by atoms with Crippen LogP contribution in [0.1, 0.15) is 41.8 Å². The van der Waals surface area contributed by atoms with Crippen LogP contribution in [-0.2, 0) is 13.1 Å². The molecule has 0 radical (unpaired) electrons. The smallest absolute Gasteiger partial charge is 0.412 e. The molecule has 0 spiro atoms. The summed E-state index contributed by atoms with van der Waals surface area (Å²) in [6.45, 7) is 4.82. The first-order chi connectivity index (χ1) is 12.0. The fourth-order valence-electron chi connectivity index (χ4n) is 3.34. The number of carbonyl (C=O) groups is 1. The summed E-state index contributed by atoms with van der Waals surface area (Å²) in [6.07, 6.45) is 2.69. The van der Waals surface area contributed by atoms with E-state index in [4.69, 9.17) is 5.26 Å². The number of aromatic nitrogens is 2. The zero-order valence-electron chi connectivity index (χ0n) is 14.6. The van der Waals surface area contributed by atoms with Crippen molar-refractivity contribution in [2.75, 3.05) is 4.90 Å². The van der Waals surface area contributed by atoms with Gasteiger partial charge in [-0.2, -0.15) is 10.4 Å². The molecule has 0 bridgehead atoms. The van der Waals surface area contributed by atoms with Gasteiger partial charge in [0, 0.05) is 6.54 Å². The molecule has 1 N–H and O–H groups in total. The lowest BCUT2D eigenvalue weighted by Crippen LogP contribution is -2.29. The average Bonchev–Trinajstić information content (AvgIpc) is 2.83. The van der Waals surface area contributed by atoms with Crippen LogP contribution in [0.25, 0.3) is 0 Å². The lowest BCUT2D eigenvalue weighted by Gasteiger charge is -2.26. The molecule has 2 aromatic rings. The molecule has 3 rings (SSSR count). The number of carboxylic acid groups (broad SMARTS) is 1. The number of amides is 1. The Bertz CT molecular complexity index is 830. The van der Waals surface area contributed by atoms with Crippen LogP contribution in [0.15, 0.2) is 24.3 Å². The fourth-order valence-corrected chi connectivity index (χ4v) is 3.34. The molecule has 1 aromatic heterocycles. The van der Waals surface area contributed by atoms with Crippen LogP contribution in [-0.4, -0.2) is 21.0 Å². The second kappa shape index (κ2) is 6.98. The van der Waals surface area contributed by atoms with E-state index >= 15 is 0 Å². The molecule has 6 heteroatoms. The minimum atomic E-state index is -1.02. The van der Waals surface area contributed by atoms with Crippen molar-refractivity contribution in [3.05, 3.63) is 46.8 Å². The van der Waals surface area contributed by atoms with Gasteiger partial charge < -0.3 is 5.11 Å². The van der Waals surface area contributed by atoms with E-state index in [1.54, 1.807) is 18.2 Å². The molecule has 1 aromatic carbocycles. The summed E-state index contributed by atoms with van der Waals surface area (Å²) in [7, 11) is 0. The number of aryl methyl sites for hydroxylation is 1. The van der Waals surface area contributed by atoms with Crippen molar-refractivity contribution in [3.8, 4) is 6.07 Å². The third kappa shape index (κ3) is 3.50. The van der Waals surface area contributed by atoms with Crippen LogP contribution >= 0.6 is 0 Å². The third-order valence-electron chi connectivity index (χ3n) is 4.90. The molecule has 1 aliphatic rings. The Kier molecular flexibility index (Phi) is 4.75. The van der Waals surface area contributed by atoms with Crippen molar-refractivity contribution < 1.29 is 9.90 Å². The number of nitriles is 1. The van der Waals surface area contributed by atoms with Crippen molar-refractivity contribution in [2.24, 2.45) is 5.92 Å². The van der Waals surface area contributed by atoms with Gasteiger partial charge in [-0.3, -0.25) is 9.58 Å². The zero-order chi connectivity index (χ0) is 18.0. The molecule has 1 saturated carbocycles. The van der Waals surface area contributed by atoms with Gasteiger partial charge in [-0.25, -0.2) is 4.79 Å². The summed E-state index contributed by atoms with van der Waals surface area (Å²) in [4.78, 5) is 13.2. The molecule has 1 aliphatic carbocycles. The van der Waals surface area contributed by atoms with E-state index in [1.165, 1.54) is 24.2 Å². The Balaban J connectivity index is 1.89. The molecule has 1 amide bonds. The molecule has 0 aliphatic heterocycles. The quantitative estimate of drug-likeness (QED) is 0.897. The summed E-state index contributed by atoms with van der Waals surface area (Å²) in [6, 6.07) is 9.13. The highest BCUT2D eigenvalue weighted by Crippen LogP contribution is 2.31. The highest BCUT2D eigenvalue weighted by atomic mass is 16.4. The third-order valence-corrected chi connectivity index (χ3v) is 4.90. The maximum atomic E-state index is 11.9. The topological polar surface area (TPSA) is 82.2 Å². The van der Waals surface area contributed by atoms with Crippen LogP contribution in [0.3, 0.4) is 0 Å². The summed E-state index contributed by atoms with van der Waals surface area (Å²) < 4.78 is 1.94. The predicted octanol–water partition coefficient (Wildman–Crippen LogP) is 3.86. The highest BCUT2D eigenvalue weighted by molar-refractivity contribution is 5.87. The number of rotatable bonds is 5. The normalized spacial score (nSPS) is 14.0. The van der Waals surface area contributed by atoms with Crippen LogP contribution in [0, 0.1) is 31.1 Å². The van der Waals surface area contributed by atoms with E-state index in [0.717, 1.165) is 23.5 Å². The van der Waals surface area contributed by atoms with E-state index in [2.05, 4.69) is 11.2 Å². The molecule has 25 heavy (non-hydrogen) atoms. The van der Waals surface area contributed by atoms with Gasteiger partial charge >= 0.3 is 6.09 Å². The maximum Gasteiger partial charge on any atom is 0.412 e. The van der Waals surface area contributed by atoms with Gasteiger partial charge in [0.1, 0.15) is 0 Å². The SMILES string of the molecule is Cc1nn(CC2CCC2)c(C)c1N(Cc1cccc(C#N)c1)C(=O)O. The molecule has 0 unspecified atom stereocenters. The minimum absolute atomic E-state index is 0.196. The lowest BCUT2D eigenvalue weighted by molar-refractivity contribution is 0.201. The molecule has 6 nitrogen and oxygen atoms in total. The van der Waals surface area contributed by atoms with Crippen molar-refractivity contribution >= 4 is 11.8 Å². The van der Waals surface area contributed by atoms with Gasteiger partial charge in [-0.15, -0.1) is 0 Å². The first-order valence-electron chi connectivity index (χ1n) is 8.53. The number of hydrogen-bond acceptors (Lipinski definition) is 3. The Hall–Kier alpha value is -2.81. The molecule has 1 heterocycles. The van der Waals surface area contributed by atoms with E-state index in [0.29, 0.717) is 17.2 Å². The first kappa shape index (κ1) is 17.0. The summed E-state index contributed by atoms with van der Waals surface area (Å²) in [5, 5.41) is 23.3. The predicted molar refractivity (Wildman–Crippen MR) is 94.4 cm³/mol. The minimum Gasteiger partial charge on any atom is -0.465 e. The largest absolute Gasteiger partial charge is 0.465 e. The van der Waals surface area contributed by atoms with Crippen LogP contribution in [0.4, 0.5) is 10.5 Å². The van der Waals surface area contributed by atoms with Crippen molar-refractivity contribution in [1.82, 2.24) is 9.78 Å². The fraction of sp³-hybridized carbons (Fsp3) is 0.421. The number of benzene rings is 1. The summed E-state index contributed by atoms with van der Waals surface area (Å²) in [5.74, 6) is 0.649. The van der Waals surface area contributed by atoms with Gasteiger partial charge in [0.25, 0.3) is 0 Å². The number of hydrogen-bond donors (Lipinski definition) is 1. The van der Waals surface area contributed by atoms with E-state index in [9.17, 15) is 9.90 Å². The van der Waals surface area contributed by atoms with E-state index < -0.39 is 6.09 Å². The second-order valence-corrected chi connectivity index (χ2v) is 6.68. The Morgan fingerprint density at radius 1 is 1.44 bits per heavy atom. The van der Waals surface area contributed by atoms with Gasteiger partial charge in [-0.1, -0.05) is 18.6 Å².